The quantitative estimate of drug-likeness (QED) is 0.621. The third-order valence-electron chi connectivity index (χ3n) is 4.48. The number of rotatable bonds is 6. The van der Waals surface area contributed by atoms with Gasteiger partial charge in [0.2, 0.25) is 0 Å². The zero-order valence-electron chi connectivity index (χ0n) is 14.1. The summed E-state index contributed by atoms with van der Waals surface area (Å²) < 4.78 is 33.2. The minimum absolute atomic E-state index is 0.117. The fourth-order valence-electron chi connectivity index (χ4n) is 2.98. The van der Waals surface area contributed by atoms with Crippen LogP contribution in [0.1, 0.15) is 24.0 Å². The van der Waals surface area contributed by atoms with Crippen LogP contribution in [0.4, 0.5) is 14.5 Å². The van der Waals surface area contributed by atoms with Gasteiger partial charge in [0.15, 0.2) is 5.96 Å². The fraction of sp³-hybridized carbons (Fsp3) is 0.316. The Morgan fingerprint density at radius 2 is 1.84 bits per heavy atom. The summed E-state index contributed by atoms with van der Waals surface area (Å²) in [5.74, 6) is -0.832. The van der Waals surface area contributed by atoms with Gasteiger partial charge in [-0.3, -0.25) is 4.99 Å². The van der Waals surface area contributed by atoms with E-state index in [0.717, 1.165) is 11.3 Å². The van der Waals surface area contributed by atoms with Gasteiger partial charge in [0.1, 0.15) is 11.6 Å². The predicted octanol–water partition coefficient (Wildman–Crippen LogP) is 3.57. The van der Waals surface area contributed by atoms with Gasteiger partial charge in [-0.25, -0.2) is 8.78 Å². The van der Waals surface area contributed by atoms with Gasteiger partial charge in [-0.1, -0.05) is 24.3 Å². The summed E-state index contributed by atoms with van der Waals surface area (Å²) in [5, 5.41) is 3.04. The fourth-order valence-corrected chi connectivity index (χ4v) is 2.98. The van der Waals surface area contributed by atoms with E-state index in [0.29, 0.717) is 19.4 Å². The van der Waals surface area contributed by atoms with Gasteiger partial charge in [0.05, 0.1) is 13.2 Å². The van der Waals surface area contributed by atoms with Gasteiger partial charge in [0.25, 0.3) is 0 Å². The van der Waals surface area contributed by atoms with Gasteiger partial charge in [-0.15, -0.1) is 0 Å². The average molecular weight is 345 g/mol. The first kappa shape index (κ1) is 17.4. The highest BCUT2D eigenvalue weighted by Gasteiger charge is 2.47. The van der Waals surface area contributed by atoms with E-state index in [2.05, 4.69) is 10.3 Å². The number of para-hydroxylation sites is 1. The van der Waals surface area contributed by atoms with Crippen LogP contribution in [0.2, 0.25) is 0 Å². The second-order valence-electron chi connectivity index (χ2n) is 6.29. The van der Waals surface area contributed by atoms with E-state index < -0.39 is 17.0 Å². The largest absolute Gasteiger partial charge is 0.380 e. The lowest BCUT2D eigenvalue weighted by Gasteiger charge is -2.16. The van der Waals surface area contributed by atoms with Crippen molar-refractivity contribution in [1.29, 1.82) is 0 Å². The number of anilines is 1. The molecule has 1 aliphatic rings. The minimum atomic E-state index is -0.590. The summed E-state index contributed by atoms with van der Waals surface area (Å²) in [6.07, 6.45) is 1.39. The number of methoxy groups -OCH3 is 1. The summed E-state index contributed by atoms with van der Waals surface area (Å²) in [6, 6.07) is 11.5. The lowest BCUT2D eigenvalue weighted by molar-refractivity contribution is 0.185. The highest BCUT2D eigenvalue weighted by atomic mass is 19.1. The first-order chi connectivity index (χ1) is 12.1. The molecule has 0 heterocycles. The Kier molecular flexibility index (Phi) is 4.99. The smallest absolute Gasteiger partial charge is 0.193 e. The van der Waals surface area contributed by atoms with E-state index in [4.69, 9.17) is 10.5 Å². The Morgan fingerprint density at radius 3 is 2.48 bits per heavy atom. The molecule has 0 radical (unpaired) electrons. The van der Waals surface area contributed by atoms with Crippen LogP contribution in [0.15, 0.2) is 47.5 Å². The third-order valence-corrected chi connectivity index (χ3v) is 4.48. The van der Waals surface area contributed by atoms with Gasteiger partial charge in [0, 0.05) is 29.3 Å². The summed E-state index contributed by atoms with van der Waals surface area (Å²) in [4.78, 5) is 4.32. The molecule has 2 aromatic carbocycles. The topological polar surface area (TPSA) is 59.6 Å². The molecule has 3 rings (SSSR count). The molecule has 0 amide bonds. The van der Waals surface area contributed by atoms with Crippen molar-refractivity contribution in [1.82, 2.24) is 0 Å². The first-order valence-corrected chi connectivity index (χ1v) is 8.14. The lowest BCUT2D eigenvalue weighted by Crippen LogP contribution is -2.26. The Bertz CT molecular complexity index is 768. The molecule has 1 aliphatic carbocycles. The maximum atomic E-state index is 14.0. The van der Waals surface area contributed by atoms with E-state index in [1.165, 1.54) is 18.2 Å². The van der Waals surface area contributed by atoms with Crippen molar-refractivity contribution in [2.45, 2.75) is 24.9 Å². The monoisotopic (exact) mass is 345 g/mol. The molecular formula is C19H21F2N3O. The zero-order valence-corrected chi connectivity index (χ0v) is 14.1. The molecule has 3 N–H and O–H groups in total. The van der Waals surface area contributed by atoms with Crippen LogP contribution in [-0.4, -0.2) is 19.6 Å². The van der Waals surface area contributed by atoms with Crippen molar-refractivity contribution < 1.29 is 13.5 Å². The number of benzene rings is 2. The molecule has 0 bridgehead atoms. The van der Waals surface area contributed by atoms with Crippen molar-refractivity contribution in [2.24, 2.45) is 10.7 Å². The van der Waals surface area contributed by atoms with Crippen molar-refractivity contribution in [3.63, 3.8) is 0 Å². The molecule has 0 spiro atoms. The molecule has 4 nitrogen and oxygen atoms in total. The molecular weight excluding hydrogens is 324 g/mol. The first-order valence-electron chi connectivity index (χ1n) is 8.14. The number of halogens is 2. The van der Waals surface area contributed by atoms with Gasteiger partial charge in [-0.2, -0.15) is 0 Å². The molecule has 25 heavy (non-hydrogen) atoms. The summed E-state index contributed by atoms with van der Waals surface area (Å²) in [5.41, 5.74) is 7.25. The normalized spacial score (nSPS) is 15.9. The molecule has 0 atom stereocenters. The standard InChI is InChI=1S/C19H21F2N3O/c1-25-11-13-5-2-3-8-16(13)24-18(22)23-12-19(9-10-19)17-14(20)6-4-7-15(17)21/h2-8H,9-12H2,1H3,(H3,22,23,24). The number of nitrogens with zero attached hydrogens (tertiary/aromatic N) is 1. The van der Waals surface area contributed by atoms with E-state index in [1.54, 1.807) is 7.11 Å². The molecule has 0 saturated heterocycles. The predicted molar refractivity (Wildman–Crippen MR) is 94.5 cm³/mol. The number of hydrogen-bond acceptors (Lipinski definition) is 2. The van der Waals surface area contributed by atoms with E-state index in [9.17, 15) is 8.78 Å². The number of ether oxygens (including phenoxy) is 1. The minimum Gasteiger partial charge on any atom is -0.380 e. The van der Waals surface area contributed by atoms with Crippen LogP contribution in [-0.2, 0) is 16.8 Å². The van der Waals surface area contributed by atoms with Crippen LogP contribution < -0.4 is 11.1 Å². The van der Waals surface area contributed by atoms with Crippen molar-refractivity contribution >= 4 is 11.6 Å². The van der Waals surface area contributed by atoms with E-state index in [-0.39, 0.29) is 18.1 Å². The van der Waals surface area contributed by atoms with Crippen LogP contribution in [0.5, 0.6) is 0 Å². The van der Waals surface area contributed by atoms with Gasteiger partial charge >= 0.3 is 0 Å². The molecule has 6 heteroatoms. The molecule has 2 aromatic rings. The average Bonchev–Trinajstić information content (AvgIpc) is 3.36. The van der Waals surface area contributed by atoms with Crippen LogP contribution in [0.25, 0.3) is 0 Å². The number of nitrogens with one attached hydrogen (secondary N) is 1. The van der Waals surface area contributed by atoms with Gasteiger partial charge in [-0.05, 0) is 31.0 Å². The summed E-state index contributed by atoms with van der Waals surface area (Å²) >= 11 is 0. The Hall–Kier alpha value is -2.47. The lowest BCUT2D eigenvalue weighted by atomic mass is 9.95. The second kappa shape index (κ2) is 7.19. The maximum absolute atomic E-state index is 14.0. The van der Waals surface area contributed by atoms with Crippen molar-refractivity contribution in [2.75, 3.05) is 19.0 Å². The Morgan fingerprint density at radius 1 is 1.16 bits per heavy atom. The van der Waals surface area contributed by atoms with Crippen molar-refractivity contribution in [3.05, 3.63) is 65.2 Å². The highest BCUT2D eigenvalue weighted by Crippen LogP contribution is 2.50. The SMILES string of the molecule is COCc1ccccc1NC(N)=NCC1(c2c(F)cccc2F)CC1. The summed E-state index contributed by atoms with van der Waals surface area (Å²) in [7, 11) is 1.62. The van der Waals surface area contributed by atoms with Crippen molar-refractivity contribution in [3.8, 4) is 0 Å². The Balaban J connectivity index is 1.74. The Labute approximate surface area is 145 Å². The van der Waals surface area contributed by atoms with E-state index >= 15 is 0 Å². The molecule has 0 unspecified atom stereocenters. The molecule has 132 valence electrons. The molecule has 0 aliphatic heterocycles. The highest BCUT2D eigenvalue weighted by molar-refractivity contribution is 5.93. The van der Waals surface area contributed by atoms with Crippen LogP contribution in [0, 0.1) is 11.6 Å². The third kappa shape index (κ3) is 3.79. The molecule has 1 fully saturated rings. The van der Waals surface area contributed by atoms with Crippen LogP contribution >= 0.6 is 0 Å². The number of nitrogens with two attached hydrogens (primary N) is 1. The van der Waals surface area contributed by atoms with E-state index in [1.807, 2.05) is 24.3 Å². The zero-order chi connectivity index (χ0) is 17.9. The van der Waals surface area contributed by atoms with Crippen LogP contribution in [0.3, 0.4) is 0 Å². The number of guanidine groups is 1. The molecule has 0 aromatic heterocycles. The molecule has 1 saturated carbocycles. The van der Waals surface area contributed by atoms with Gasteiger partial charge < -0.3 is 15.8 Å². The number of hydrogen-bond donors (Lipinski definition) is 2. The second-order valence-corrected chi connectivity index (χ2v) is 6.29. The number of aliphatic imine (C=N–C) groups is 1. The summed E-state index contributed by atoms with van der Waals surface area (Å²) in [6.45, 7) is 0.691. The maximum Gasteiger partial charge on any atom is 0.193 e.